The van der Waals surface area contributed by atoms with Gasteiger partial charge in [-0.2, -0.15) is 0 Å². The van der Waals surface area contributed by atoms with Crippen molar-refractivity contribution in [2.75, 3.05) is 7.11 Å². The van der Waals surface area contributed by atoms with E-state index in [0.717, 1.165) is 11.3 Å². The second kappa shape index (κ2) is 6.39. The molecule has 0 spiro atoms. The Morgan fingerprint density at radius 2 is 1.70 bits per heavy atom. The Labute approximate surface area is 119 Å². The lowest BCUT2D eigenvalue weighted by Crippen LogP contribution is -2.06. The van der Waals surface area contributed by atoms with Crippen LogP contribution in [0, 0.1) is 0 Å². The maximum atomic E-state index is 10.3. The van der Waals surface area contributed by atoms with E-state index in [2.05, 4.69) is 4.98 Å². The molecule has 0 aliphatic heterocycles. The monoisotopic (exact) mass is 273 g/mol. The fourth-order valence-electron chi connectivity index (χ4n) is 1.89. The van der Waals surface area contributed by atoms with E-state index >= 15 is 0 Å². The molecule has 0 fully saturated rings. The average Bonchev–Trinajstić information content (AvgIpc) is 2.47. The summed E-state index contributed by atoms with van der Waals surface area (Å²) in [6, 6.07) is 9.18. The molecule has 1 aromatic heterocycles. The van der Waals surface area contributed by atoms with Gasteiger partial charge in [0.1, 0.15) is 17.6 Å². The highest BCUT2D eigenvalue weighted by molar-refractivity contribution is 5.35. The van der Waals surface area contributed by atoms with Gasteiger partial charge in [-0.15, -0.1) is 0 Å². The maximum Gasteiger partial charge on any atom is 0.137 e. The molecule has 106 valence electrons. The van der Waals surface area contributed by atoms with E-state index in [4.69, 9.17) is 9.47 Å². The number of aliphatic hydroxyl groups excluding tert-OH is 1. The van der Waals surface area contributed by atoms with Crippen LogP contribution in [0.25, 0.3) is 0 Å². The molecule has 0 aliphatic rings. The minimum atomic E-state index is -0.731. The van der Waals surface area contributed by atoms with Crippen molar-refractivity contribution in [2.45, 2.75) is 26.1 Å². The van der Waals surface area contributed by atoms with Crippen LogP contribution in [-0.4, -0.2) is 23.3 Å². The first kappa shape index (κ1) is 14.3. The summed E-state index contributed by atoms with van der Waals surface area (Å²) in [7, 11) is 1.57. The fraction of sp³-hybridized carbons (Fsp3) is 0.312. The zero-order chi connectivity index (χ0) is 14.5. The molecular weight excluding hydrogens is 254 g/mol. The second-order valence-corrected chi connectivity index (χ2v) is 4.80. The van der Waals surface area contributed by atoms with Gasteiger partial charge in [-0.25, -0.2) is 0 Å². The van der Waals surface area contributed by atoms with Gasteiger partial charge in [-0.1, -0.05) is 12.1 Å². The van der Waals surface area contributed by atoms with Gasteiger partial charge in [0.05, 0.1) is 19.4 Å². The molecule has 2 aromatic rings. The van der Waals surface area contributed by atoms with E-state index in [0.29, 0.717) is 11.3 Å². The molecule has 4 heteroatoms. The molecule has 2 rings (SSSR count). The lowest BCUT2D eigenvalue weighted by Gasteiger charge is -2.14. The van der Waals surface area contributed by atoms with E-state index in [1.54, 1.807) is 25.6 Å². The van der Waals surface area contributed by atoms with Crippen molar-refractivity contribution in [3.63, 3.8) is 0 Å². The van der Waals surface area contributed by atoms with Crippen molar-refractivity contribution in [1.29, 1.82) is 0 Å². The normalized spacial score (nSPS) is 12.2. The van der Waals surface area contributed by atoms with Gasteiger partial charge in [-0.05, 0) is 37.6 Å². The molecular formula is C16H19NO3. The Kier molecular flexibility index (Phi) is 4.58. The number of pyridine rings is 1. The zero-order valence-corrected chi connectivity index (χ0v) is 11.9. The molecule has 1 unspecified atom stereocenters. The summed E-state index contributed by atoms with van der Waals surface area (Å²) in [5.41, 5.74) is 1.48. The molecule has 1 atom stereocenters. The topological polar surface area (TPSA) is 51.6 Å². The van der Waals surface area contributed by atoms with Crippen molar-refractivity contribution in [3.8, 4) is 11.5 Å². The Bertz CT molecular complexity index is 552. The van der Waals surface area contributed by atoms with Crippen LogP contribution in [0.4, 0.5) is 0 Å². The van der Waals surface area contributed by atoms with E-state index < -0.39 is 6.10 Å². The highest BCUT2D eigenvalue weighted by Crippen LogP contribution is 2.25. The molecule has 0 radical (unpaired) electrons. The van der Waals surface area contributed by atoms with Crippen molar-refractivity contribution in [1.82, 2.24) is 4.98 Å². The number of hydrogen-bond acceptors (Lipinski definition) is 4. The molecule has 0 bridgehead atoms. The van der Waals surface area contributed by atoms with Gasteiger partial charge in [0.25, 0.3) is 0 Å². The Balaban J connectivity index is 2.17. The first-order valence-electron chi connectivity index (χ1n) is 6.53. The van der Waals surface area contributed by atoms with Gasteiger partial charge in [0.2, 0.25) is 0 Å². The Morgan fingerprint density at radius 1 is 1.00 bits per heavy atom. The fourth-order valence-corrected chi connectivity index (χ4v) is 1.89. The van der Waals surface area contributed by atoms with Crippen LogP contribution in [0.1, 0.15) is 31.1 Å². The summed E-state index contributed by atoms with van der Waals surface area (Å²) in [6.07, 6.45) is 2.64. The van der Waals surface area contributed by atoms with Crippen LogP contribution in [-0.2, 0) is 0 Å². The van der Waals surface area contributed by atoms with Crippen LogP contribution >= 0.6 is 0 Å². The lowest BCUT2D eigenvalue weighted by molar-refractivity contribution is 0.218. The maximum absolute atomic E-state index is 10.3. The lowest BCUT2D eigenvalue weighted by atomic mass is 10.0. The molecule has 0 aliphatic carbocycles. The minimum Gasteiger partial charge on any atom is -0.495 e. The molecule has 1 heterocycles. The smallest absolute Gasteiger partial charge is 0.137 e. The number of ether oxygens (including phenoxy) is 2. The van der Waals surface area contributed by atoms with Crippen molar-refractivity contribution in [3.05, 3.63) is 53.9 Å². The van der Waals surface area contributed by atoms with Crippen molar-refractivity contribution >= 4 is 0 Å². The second-order valence-electron chi connectivity index (χ2n) is 4.80. The van der Waals surface area contributed by atoms with Gasteiger partial charge < -0.3 is 14.6 Å². The summed E-state index contributed by atoms with van der Waals surface area (Å²) < 4.78 is 10.7. The molecule has 0 amide bonds. The van der Waals surface area contributed by atoms with E-state index in [1.165, 1.54) is 0 Å². The summed E-state index contributed by atoms with van der Waals surface area (Å²) in [6.45, 7) is 3.95. The molecule has 20 heavy (non-hydrogen) atoms. The molecule has 1 aromatic carbocycles. The largest absolute Gasteiger partial charge is 0.495 e. The van der Waals surface area contributed by atoms with Gasteiger partial charge in [-0.3, -0.25) is 4.98 Å². The van der Waals surface area contributed by atoms with Crippen molar-refractivity contribution < 1.29 is 14.6 Å². The van der Waals surface area contributed by atoms with Crippen molar-refractivity contribution in [2.24, 2.45) is 0 Å². The summed E-state index contributed by atoms with van der Waals surface area (Å²) in [5.74, 6) is 1.42. The Hall–Kier alpha value is -2.07. The van der Waals surface area contributed by atoms with E-state index in [9.17, 15) is 5.11 Å². The number of aliphatic hydroxyl groups is 1. The van der Waals surface area contributed by atoms with Crippen LogP contribution in [0.2, 0.25) is 0 Å². The Morgan fingerprint density at radius 3 is 2.30 bits per heavy atom. The van der Waals surface area contributed by atoms with Crippen LogP contribution in [0.15, 0.2) is 42.7 Å². The van der Waals surface area contributed by atoms with Gasteiger partial charge in [0.15, 0.2) is 0 Å². The number of hydrogen-bond donors (Lipinski definition) is 1. The van der Waals surface area contributed by atoms with Gasteiger partial charge in [0, 0.05) is 11.8 Å². The van der Waals surface area contributed by atoms with E-state index in [-0.39, 0.29) is 6.10 Å². The predicted molar refractivity (Wildman–Crippen MR) is 77.1 cm³/mol. The zero-order valence-electron chi connectivity index (χ0n) is 11.9. The molecule has 1 N–H and O–H groups in total. The number of benzene rings is 1. The number of nitrogens with zero attached hydrogens (tertiary/aromatic N) is 1. The van der Waals surface area contributed by atoms with E-state index in [1.807, 2.05) is 38.1 Å². The molecule has 0 saturated heterocycles. The first-order chi connectivity index (χ1) is 9.60. The quantitative estimate of drug-likeness (QED) is 0.910. The number of aromatic nitrogens is 1. The summed E-state index contributed by atoms with van der Waals surface area (Å²) >= 11 is 0. The predicted octanol–water partition coefficient (Wildman–Crippen LogP) is 2.96. The van der Waals surface area contributed by atoms with Crippen LogP contribution in [0.3, 0.4) is 0 Å². The van der Waals surface area contributed by atoms with Gasteiger partial charge >= 0.3 is 0 Å². The third-order valence-corrected chi connectivity index (χ3v) is 2.85. The SMILES string of the molecule is COc1cncc(C(O)c2ccc(OC(C)C)cc2)c1. The average molecular weight is 273 g/mol. The standard InChI is InChI=1S/C16H19NO3/c1-11(2)20-14-6-4-12(5-7-14)16(18)13-8-15(19-3)10-17-9-13/h4-11,16,18H,1-3H3. The summed E-state index contributed by atoms with van der Waals surface area (Å²) in [4.78, 5) is 4.05. The summed E-state index contributed by atoms with van der Waals surface area (Å²) in [5, 5.41) is 10.3. The number of rotatable bonds is 5. The first-order valence-corrected chi connectivity index (χ1v) is 6.53. The highest BCUT2D eigenvalue weighted by atomic mass is 16.5. The van der Waals surface area contributed by atoms with Crippen LogP contribution < -0.4 is 9.47 Å². The molecule has 0 saturated carbocycles. The minimum absolute atomic E-state index is 0.133. The highest BCUT2D eigenvalue weighted by Gasteiger charge is 2.12. The van der Waals surface area contributed by atoms with Crippen LogP contribution in [0.5, 0.6) is 11.5 Å². The third-order valence-electron chi connectivity index (χ3n) is 2.85. The third kappa shape index (κ3) is 3.48. The number of methoxy groups -OCH3 is 1. The molecule has 4 nitrogen and oxygen atoms in total.